The number of aliphatic hydroxyl groups is 1. The minimum absolute atomic E-state index is 0.192. The molecular formula is C18H23NO4. The number of likely N-dealkylation sites (N-methyl/N-ethyl adjacent to an activating group) is 1. The number of rotatable bonds is 7. The second kappa shape index (κ2) is 7.94. The molecule has 23 heavy (non-hydrogen) atoms. The zero-order chi connectivity index (χ0) is 16.8. The maximum Gasteiger partial charge on any atom is 0.373 e. The Balaban J connectivity index is 1.98. The fourth-order valence-electron chi connectivity index (χ4n) is 2.34. The average molecular weight is 317 g/mol. The van der Waals surface area contributed by atoms with Crippen LogP contribution in [0.5, 0.6) is 0 Å². The number of aryl methyl sites for hydroxylation is 1. The molecule has 0 aliphatic carbocycles. The van der Waals surface area contributed by atoms with Crippen molar-refractivity contribution in [3.63, 3.8) is 0 Å². The molecule has 1 unspecified atom stereocenters. The molecule has 0 saturated heterocycles. The van der Waals surface area contributed by atoms with E-state index in [1.165, 1.54) is 12.7 Å². The number of nitrogens with zero attached hydrogens (tertiary/aromatic N) is 1. The molecule has 1 N–H and O–H groups in total. The van der Waals surface area contributed by atoms with Gasteiger partial charge in [-0.3, -0.25) is 4.90 Å². The summed E-state index contributed by atoms with van der Waals surface area (Å²) in [4.78, 5) is 13.5. The fraction of sp³-hybridized carbons (Fsp3) is 0.389. The van der Waals surface area contributed by atoms with E-state index >= 15 is 0 Å². The molecule has 0 fully saturated rings. The van der Waals surface area contributed by atoms with Gasteiger partial charge in [0.05, 0.1) is 19.8 Å². The number of carbonyl (C=O) groups excluding carboxylic acids is 1. The first-order valence-corrected chi connectivity index (χ1v) is 7.67. The monoisotopic (exact) mass is 317 g/mol. The van der Waals surface area contributed by atoms with Gasteiger partial charge in [-0.05, 0) is 31.2 Å². The number of aliphatic hydroxyl groups excluding tert-OH is 1. The van der Waals surface area contributed by atoms with Gasteiger partial charge in [0.15, 0.2) is 0 Å². The van der Waals surface area contributed by atoms with E-state index in [2.05, 4.69) is 9.64 Å². The number of ether oxygens (including phenoxy) is 1. The maximum absolute atomic E-state index is 11.4. The number of benzene rings is 1. The van der Waals surface area contributed by atoms with Crippen molar-refractivity contribution in [3.8, 4) is 0 Å². The first-order valence-electron chi connectivity index (χ1n) is 7.67. The van der Waals surface area contributed by atoms with E-state index in [1.807, 2.05) is 38.1 Å². The number of esters is 1. The van der Waals surface area contributed by atoms with E-state index in [-0.39, 0.29) is 5.76 Å². The predicted octanol–water partition coefficient (Wildman–Crippen LogP) is 2.93. The lowest BCUT2D eigenvalue weighted by molar-refractivity contribution is 0.0558. The molecule has 0 spiro atoms. The molecule has 0 aliphatic rings. The van der Waals surface area contributed by atoms with E-state index < -0.39 is 12.1 Å². The van der Waals surface area contributed by atoms with Gasteiger partial charge >= 0.3 is 5.97 Å². The molecule has 2 aromatic rings. The Morgan fingerprint density at radius 3 is 2.57 bits per heavy atom. The summed E-state index contributed by atoms with van der Waals surface area (Å²) in [6, 6.07) is 11.2. The normalized spacial score (nSPS) is 12.4. The molecule has 1 atom stereocenters. The zero-order valence-electron chi connectivity index (χ0n) is 13.8. The van der Waals surface area contributed by atoms with Gasteiger partial charge in [-0.15, -0.1) is 0 Å². The van der Waals surface area contributed by atoms with Gasteiger partial charge in [0, 0.05) is 6.54 Å². The van der Waals surface area contributed by atoms with Crippen LogP contribution in [0.3, 0.4) is 0 Å². The van der Waals surface area contributed by atoms with Crippen molar-refractivity contribution in [2.75, 3.05) is 20.2 Å². The summed E-state index contributed by atoms with van der Waals surface area (Å²) in [6.07, 6.45) is -0.564. The third kappa shape index (κ3) is 4.68. The molecule has 124 valence electrons. The Bertz CT molecular complexity index is 633. The molecule has 0 bridgehead atoms. The minimum Gasteiger partial charge on any atom is -0.463 e. The quantitative estimate of drug-likeness (QED) is 0.796. The Morgan fingerprint density at radius 2 is 1.96 bits per heavy atom. The number of carbonyl (C=O) groups is 1. The Morgan fingerprint density at radius 1 is 1.26 bits per heavy atom. The van der Waals surface area contributed by atoms with Crippen LogP contribution < -0.4 is 0 Å². The summed E-state index contributed by atoms with van der Waals surface area (Å²) in [5.41, 5.74) is 2.06. The Kier molecular flexibility index (Phi) is 5.96. The number of hydrogen-bond acceptors (Lipinski definition) is 5. The lowest BCUT2D eigenvalue weighted by Gasteiger charge is -2.23. The van der Waals surface area contributed by atoms with E-state index in [1.54, 1.807) is 12.1 Å². The molecule has 1 heterocycles. The summed E-state index contributed by atoms with van der Waals surface area (Å²) >= 11 is 0. The smallest absolute Gasteiger partial charge is 0.373 e. The summed E-state index contributed by atoms with van der Waals surface area (Å²) in [5.74, 6) is 0.375. The molecule has 1 aromatic heterocycles. The summed E-state index contributed by atoms with van der Waals surface area (Å²) < 4.78 is 10.1. The average Bonchev–Trinajstić information content (AvgIpc) is 3.02. The third-order valence-corrected chi connectivity index (χ3v) is 3.77. The van der Waals surface area contributed by atoms with Crippen molar-refractivity contribution in [3.05, 3.63) is 59.0 Å². The largest absolute Gasteiger partial charge is 0.463 e. The van der Waals surface area contributed by atoms with E-state index in [0.717, 1.165) is 12.1 Å². The molecule has 5 heteroatoms. The Hall–Kier alpha value is -2.11. The van der Waals surface area contributed by atoms with Crippen molar-refractivity contribution in [2.45, 2.75) is 26.5 Å². The lowest BCUT2D eigenvalue weighted by atomic mass is 10.1. The third-order valence-electron chi connectivity index (χ3n) is 3.77. The second-order valence-corrected chi connectivity index (χ2v) is 5.51. The highest BCUT2D eigenvalue weighted by molar-refractivity contribution is 5.86. The first-order chi connectivity index (χ1) is 11.0. The van der Waals surface area contributed by atoms with Gasteiger partial charge in [-0.1, -0.05) is 36.8 Å². The van der Waals surface area contributed by atoms with Crippen LogP contribution in [0.1, 0.15) is 40.5 Å². The van der Waals surface area contributed by atoms with Gasteiger partial charge in [0.1, 0.15) is 5.76 Å². The molecule has 0 amide bonds. The van der Waals surface area contributed by atoms with Gasteiger partial charge in [0.25, 0.3) is 0 Å². The summed E-state index contributed by atoms with van der Waals surface area (Å²) in [6.45, 7) is 5.82. The van der Waals surface area contributed by atoms with Crippen LogP contribution >= 0.6 is 0 Å². The first kappa shape index (κ1) is 17.2. The SMILES string of the molecule is CCN(Cc1ccc(C(=O)OC)o1)CC(O)c1ccc(C)cc1. The summed E-state index contributed by atoms with van der Waals surface area (Å²) in [5, 5.41) is 10.4. The molecule has 0 radical (unpaired) electrons. The second-order valence-electron chi connectivity index (χ2n) is 5.51. The van der Waals surface area contributed by atoms with Gasteiger partial charge < -0.3 is 14.3 Å². The molecular weight excluding hydrogens is 294 g/mol. The van der Waals surface area contributed by atoms with Crippen molar-refractivity contribution in [1.29, 1.82) is 0 Å². The van der Waals surface area contributed by atoms with Crippen LogP contribution in [0.15, 0.2) is 40.8 Å². The van der Waals surface area contributed by atoms with Gasteiger partial charge in [-0.2, -0.15) is 0 Å². The van der Waals surface area contributed by atoms with Crippen molar-refractivity contribution in [1.82, 2.24) is 4.90 Å². The van der Waals surface area contributed by atoms with Crippen LogP contribution in [-0.4, -0.2) is 36.2 Å². The van der Waals surface area contributed by atoms with Crippen LogP contribution in [0.4, 0.5) is 0 Å². The highest BCUT2D eigenvalue weighted by atomic mass is 16.5. The van der Waals surface area contributed by atoms with Crippen LogP contribution in [0.2, 0.25) is 0 Å². The van der Waals surface area contributed by atoms with Crippen LogP contribution in [0.25, 0.3) is 0 Å². The van der Waals surface area contributed by atoms with E-state index in [0.29, 0.717) is 18.8 Å². The zero-order valence-corrected chi connectivity index (χ0v) is 13.8. The van der Waals surface area contributed by atoms with Gasteiger partial charge in [0.2, 0.25) is 5.76 Å². The standard InChI is InChI=1S/C18H23NO4/c1-4-19(11-15-9-10-17(23-15)18(21)22-3)12-16(20)14-7-5-13(2)6-8-14/h5-10,16,20H,4,11-12H2,1-3H3. The van der Waals surface area contributed by atoms with Crippen molar-refractivity contribution >= 4 is 5.97 Å². The topological polar surface area (TPSA) is 62.9 Å². The molecule has 0 saturated carbocycles. The highest BCUT2D eigenvalue weighted by Gasteiger charge is 2.16. The molecule has 5 nitrogen and oxygen atoms in total. The van der Waals surface area contributed by atoms with Crippen LogP contribution in [0, 0.1) is 6.92 Å². The lowest BCUT2D eigenvalue weighted by Crippen LogP contribution is -2.28. The molecule has 2 rings (SSSR count). The number of furan rings is 1. The summed E-state index contributed by atoms with van der Waals surface area (Å²) in [7, 11) is 1.32. The predicted molar refractivity (Wildman–Crippen MR) is 87.1 cm³/mol. The minimum atomic E-state index is -0.564. The number of hydrogen-bond donors (Lipinski definition) is 1. The highest BCUT2D eigenvalue weighted by Crippen LogP contribution is 2.17. The molecule has 0 aliphatic heterocycles. The molecule has 1 aromatic carbocycles. The van der Waals surface area contributed by atoms with Gasteiger partial charge in [-0.25, -0.2) is 4.79 Å². The van der Waals surface area contributed by atoms with E-state index in [4.69, 9.17) is 4.42 Å². The maximum atomic E-state index is 11.4. The fourth-order valence-corrected chi connectivity index (χ4v) is 2.34. The Labute approximate surface area is 136 Å². The number of methoxy groups -OCH3 is 1. The van der Waals surface area contributed by atoms with Crippen molar-refractivity contribution in [2.24, 2.45) is 0 Å². The van der Waals surface area contributed by atoms with Crippen LogP contribution in [-0.2, 0) is 11.3 Å². The van der Waals surface area contributed by atoms with E-state index in [9.17, 15) is 9.90 Å². The van der Waals surface area contributed by atoms with Crippen molar-refractivity contribution < 1.29 is 19.1 Å².